The van der Waals surface area contributed by atoms with Gasteiger partial charge in [-0.05, 0) is 50.5 Å². The maximum Gasteiger partial charge on any atom is 0.224 e. The lowest BCUT2D eigenvalue weighted by Gasteiger charge is -2.32. The van der Waals surface area contributed by atoms with Crippen molar-refractivity contribution in [1.29, 1.82) is 0 Å². The zero-order valence-corrected chi connectivity index (χ0v) is 17.0. The molecule has 0 spiro atoms. The van der Waals surface area contributed by atoms with Crippen LogP contribution >= 0.6 is 0 Å². The fourth-order valence-electron chi connectivity index (χ4n) is 3.93. The van der Waals surface area contributed by atoms with Crippen LogP contribution in [-0.2, 0) is 17.9 Å². The molecule has 1 amide bonds. The first-order chi connectivity index (χ1) is 13.7. The highest BCUT2D eigenvalue weighted by molar-refractivity contribution is 5.78. The van der Waals surface area contributed by atoms with Crippen molar-refractivity contribution < 1.29 is 4.79 Å². The van der Waals surface area contributed by atoms with E-state index in [1.165, 1.54) is 11.1 Å². The number of likely N-dealkylation sites (tertiary alicyclic amines) is 1. The Morgan fingerprint density at radius 1 is 1.07 bits per heavy atom. The van der Waals surface area contributed by atoms with Crippen LogP contribution in [0.1, 0.15) is 30.4 Å². The SMILES string of the molecule is CN(CCCNC(=O)C1CCCN(Cc2ccccc2)C1)Cc1ccccc1. The molecule has 2 aromatic carbocycles. The Morgan fingerprint density at radius 3 is 2.46 bits per heavy atom. The number of piperidine rings is 1. The lowest BCUT2D eigenvalue weighted by atomic mass is 9.96. The van der Waals surface area contributed by atoms with Gasteiger partial charge in [-0.1, -0.05) is 60.7 Å². The van der Waals surface area contributed by atoms with Crippen molar-refractivity contribution in [3.8, 4) is 0 Å². The first-order valence-corrected chi connectivity index (χ1v) is 10.5. The molecule has 4 nitrogen and oxygen atoms in total. The standard InChI is InChI=1S/C24H33N3O/c1-26(18-21-10-4-2-5-11-21)16-9-15-25-24(28)23-14-8-17-27(20-23)19-22-12-6-3-7-13-22/h2-7,10-13,23H,8-9,14-20H2,1H3,(H,25,28). The molecule has 1 saturated heterocycles. The van der Waals surface area contributed by atoms with Crippen LogP contribution in [0, 0.1) is 5.92 Å². The Hall–Kier alpha value is -2.17. The molecule has 0 aliphatic carbocycles. The van der Waals surface area contributed by atoms with Gasteiger partial charge in [0.1, 0.15) is 0 Å². The molecule has 3 rings (SSSR count). The highest BCUT2D eigenvalue weighted by Gasteiger charge is 2.25. The maximum atomic E-state index is 12.6. The number of hydrogen-bond acceptors (Lipinski definition) is 3. The van der Waals surface area contributed by atoms with Gasteiger partial charge in [0, 0.05) is 26.2 Å². The highest BCUT2D eigenvalue weighted by atomic mass is 16.1. The zero-order valence-electron chi connectivity index (χ0n) is 17.0. The molecule has 1 heterocycles. The summed E-state index contributed by atoms with van der Waals surface area (Å²) in [6.45, 7) is 5.59. The van der Waals surface area contributed by atoms with Gasteiger partial charge >= 0.3 is 0 Å². The van der Waals surface area contributed by atoms with Gasteiger partial charge in [0.05, 0.1) is 5.92 Å². The fourth-order valence-corrected chi connectivity index (χ4v) is 3.93. The number of benzene rings is 2. The van der Waals surface area contributed by atoms with Crippen molar-refractivity contribution in [2.45, 2.75) is 32.4 Å². The van der Waals surface area contributed by atoms with E-state index < -0.39 is 0 Å². The summed E-state index contributed by atoms with van der Waals surface area (Å²) in [4.78, 5) is 17.3. The average Bonchev–Trinajstić information content (AvgIpc) is 2.73. The molecule has 1 aliphatic heterocycles. The number of nitrogens with zero attached hydrogens (tertiary/aromatic N) is 2. The highest BCUT2D eigenvalue weighted by Crippen LogP contribution is 2.18. The summed E-state index contributed by atoms with van der Waals surface area (Å²) in [5.74, 6) is 0.350. The molecule has 0 bridgehead atoms. The van der Waals surface area contributed by atoms with E-state index >= 15 is 0 Å². The average molecular weight is 380 g/mol. The molecule has 0 saturated carbocycles. The van der Waals surface area contributed by atoms with Crippen LogP contribution in [-0.4, -0.2) is 48.9 Å². The lowest BCUT2D eigenvalue weighted by Crippen LogP contribution is -2.43. The van der Waals surface area contributed by atoms with Gasteiger partial charge in [-0.3, -0.25) is 9.69 Å². The Bertz CT molecular complexity index is 704. The first kappa shape index (κ1) is 20.6. The monoisotopic (exact) mass is 379 g/mol. The van der Waals surface area contributed by atoms with Gasteiger partial charge in [0.25, 0.3) is 0 Å². The van der Waals surface area contributed by atoms with Crippen LogP contribution in [0.3, 0.4) is 0 Å². The minimum absolute atomic E-state index is 0.125. The van der Waals surface area contributed by atoms with Gasteiger partial charge in [0.15, 0.2) is 0 Å². The molecule has 28 heavy (non-hydrogen) atoms. The van der Waals surface area contributed by atoms with Crippen molar-refractivity contribution >= 4 is 5.91 Å². The molecule has 2 aromatic rings. The maximum absolute atomic E-state index is 12.6. The first-order valence-electron chi connectivity index (χ1n) is 10.5. The Kier molecular flexibility index (Phi) is 8.07. The molecule has 1 unspecified atom stereocenters. The number of amides is 1. The van der Waals surface area contributed by atoms with E-state index in [4.69, 9.17) is 0 Å². The van der Waals surface area contributed by atoms with Crippen LogP contribution in [0.4, 0.5) is 0 Å². The van der Waals surface area contributed by atoms with Crippen LogP contribution in [0.5, 0.6) is 0 Å². The molecule has 1 N–H and O–H groups in total. The summed E-state index contributed by atoms with van der Waals surface area (Å²) in [6, 6.07) is 21.1. The number of rotatable bonds is 9. The molecular formula is C24H33N3O. The molecule has 0 radical (unpaired) electrons. The summed E-state index contributed by atoms with van der Waals surface area (Å²) in [6.07, 6.45) is 3.09. The third kappa shape index (κ3) is 6.77. The zero-order chi connectivity index (χ0) is 19.6. The molecular weight excluding hydrogens is 346 g/mol. The van der Waals surface area contributed by atoms with Crippen LogP contribution in [0.15, 0.2) is 60.7 Å². The van der Waals surface area contributed by atoms with Crippen molar-refractivity contribution in [1.82, 2.24) is 15.1 Å². The minimum atomic E-state index is 0.125. The predicted molar refractivity (Wildman–Crippen MR) is 115 cm³/mol. The van der Waals surface area contributed by atoms with Crippen LogP contribution < -0.4 is 5.32 Å². The van der Waals surface area contributed by atoms with Crippen molar-refractivity contribution in [2.24, 2.45) is 5.92 Å². The van der Waals surface area contributed by atoms with E-state index in [2.05, 4.69) is 70.7 Å². The van der Waals surface area contributed by atoms with Gasteiger partial charge in [0.2, 0.25) is 5.91 Å². The second-order valence-electron chi connectivity index (χ2n) is 7.93. The largest absolute Gasteiger partial charge is 0.356 e. The number of carbonyl (C=O) groups excluding carboxylic acids is 1. The predicted octanol–water partition coefficient (Wildman–Crippen LogP) is 3.54. The van der Waals surface area contributed by atoms with Gasteiger partial charge in [-0.25, -0.2) is 0 Å². The topological polar surface area (TPSA) is 35.6 Å². The van der Waals surface area contributed by atoms with Crippen molar-refractivity contribution in [2.75, 3.05) is 33.2 Å². The molecule has 0 aromatic heterocycles. The summed E-state index contributed by atoms with van der Waals surface area (Å²) < 4.78 is 0. The Labute approximate surface area is 169 Å². The van der Waals surface area contributed by atoms with E-state index in [0.29, 0.717) is 0 Å². The third-order valence-electron chi connectivity index (χ3n) is 5.44. The van der Waals surface area contributed by atoms with Crippen LogP contribution in [0.2, 0.25) is 0 Å². The third-order valence-corrected chi connectivity index (χ3v) is 5.44. The molecule has 1 atom stereocenters. The van der Waals surface area contributed by atoms with Gasteiger partial charge in [-0.15, -0.1) is 0 Å². The number of carbonyl (C=O) groups is 1. The fraction of sp³-hybridized carbons (Fsp3) is 0.458. The second kappa shape index (κ2) is 11.0. The summed E-state index contributed by atoms with van der Waals surface area (Å²) in [5.41, 5.74) is 2.65. The molecule has 1 aliphatic rings. The van der Waals surface area contributed by atoms with E-state index in [1.54, 1.807) is 0 Å². The summed E-state index contributed by atoms with van der Waals surface area (Å²) >= 11 is 0. The Balaban J connectivity index is 1.34. The van der Waals surface area contributed by atoms with Gasteiger partial charge in [-0.2, -0.15) is 0 Å². The minimum Gasteiger partial charge on any atom is -0.356 e. The van der Waals surface area contributed by atoms with Gasteiger partial charge < -0.3 is 10.2 Å². The van der Waals surface area contributed by atoms with Crippen molar-refractivity contribution in [3.63, 3.8) is 0 Å². The summed E-state index contributed by atoms with van der Waals surface area (Å²) in [5, 5.41) is 3.16. The van der Waals surface area contributed by atoms with Crippen LogP contribution in [0.25, 0.3) is 0 Å². The quantitative estimate of drug-likeness (QED) is 0.677. The lowest BCUT2D eigenvalue weighted by molar-refractivity contribution is -0.126. The molecule has 4 heteroatoms. The number of nitrogens with one attached hydrogen (secondary N) is 1. The molecule has 150 valence electrons. The Morgan fingerprint density at radius 2 is 1.75 bits per heavy atom. The van der Waals surface area contributed by atoms with E-state index in [0.717, 1.165) is 58.5 Å². The summed E-state index contributed by atoms with van der Waals surface area (Å²) in [7, 11) is 2.14. The molecule has 1 fully saturated rings. The normalized spacial score (nSPS) is 17.6. The smallest absolute Gasteiger partial charge is 0.224 e. The van der Waals surface area contributed by atoms with E-state index in [-0.39, 0.29) is 11.8 Å². The van der Waals surface area contributed by atoms with E-state index in [9.17, 15) is 4.79 Å². The van der Waals surface area contributed by atoms with Crippen molar-refractivity contribution in [3.05, 3.63) is 71.8 Å². The second-order valence-corrected chi connectivity index (χ2v) is 7.93. The van der Waals surface area contributed by atoms with E-state index in [1.807, 2.05) is 12.1 Å². The number of hydrogen-bond donors (Lipinski definition) is 1.